The maximum atomic E-state index is 12.3. The molecule has 0 spiro atoms. The molecule has 1 unspecified atom stereocenters. The van der Waals surface area contributed by atoms with Gasteiger partial charge in [-0.1, -0.05) is 12.1 Å². The monoisotopic (exact) mass is 270 g/mol. The molecule has 0 radical (unpaired) electrons. The minimum Gasteiger partial charge on any atom is -0.313 e. The highest BCUT2D eigenvalue weighted by molar-refractivity contribution is 7.89. The van der Waals surface area contributed by atoms with Crippen LogP contribution in [0, 0.1) is 0 Å². The topological polar surface area (TPSA) is 49.4 Å². The molecular weight excluding hydrogens is 248 g/mol. The molecule has 0 amide bonds. The first-order valence-electron chi connectivity index (χ1n) is 6.06. The molecule has 1 aromatic rings. The van der Waals surface area contributed by atoms with Crippen LogP contribution in [0.4, 0.5) is 0 Å². The van der Waals surface area contributed by atoms with Gasteiger partial charge in [0.1, 0.15) is 0 Å². The fourth-order valence-electron chi connectivity index (χ4n) is 1.55. The van der Waals surface area contributed by atoms with E-state index in [0.29, 0.717) is 4.90 Å². The van der Waals surface area contributed by atoms with E-state index in [1.807, 2.05) is 33.9 Å². The summed E-state index contributed by atoms with van der Waals surface area (Å²) in [6.07, 6.45) is 0. The van der Waals surface area contributed by atoms with Crippen LogP contribution in [0.2, 0.25) is 0 Å². The van der Waals surface area contributed by atoms with Gasteiger partial charge in [-0.2, -0.15) is 4.31 Å². The normalized spacial score (nSPS) is 14.2. The average molecular weight is 270 g/mol. The van der Waals surface area contributed by atoms with Crippen LogP contribution in [0.5, 0.6) is 0 Å². The van der Waals surface area contributed by atoms with Crippen molar-refractivity contribution in [1.29, 1.82) is 0 Å². The van der Waals surface area contributed by atoms with Crippen molar-refractivity contribution in [2.24, 2.45) is 0 Å². The summed E-state index contributed by atoms with van der Waals surface area (Å²) in [5, 5.41) is 3.10. The van der Waals surface area contributed by atoms with E-state index >= 15 is 0 Å². The van der Waals surface area contributed by atoms with E-state index in [1.165, 1.54) is 4.31 Å². The Morgan fingerprint density at radius 1 is 1.22 bits per heavy atom. The van der Waals surface area contributed by atoms with Crippen molar-refractivity contribution in [3.8, 4) is 0 Å². The van der Waals surface area contributed by atoms with E-state index in [9.17, 15) is 8.42 Å². The highest BCUT2D eigenvalue weighted by atomic mass is 32.2. The zero-order chi connectivity index (χ0) is 13.9. The van der Waals surface area contributed by atoms with Gasteiger partial charge in [0.25, 0.3) is 0 Å². The lowest BCUT2D eigenvalue weighted by Crippen LogP contribution is -2.33. The Kier molecular flexibility index (Phi) is 4.90. The third-order valence-electron chi connectivity index (χ3n) is 3.20. The highest BCUT2D eigenvalue weighted by Crippen LogP contribution is 2.20. The molecule has 0 aliphatic rings. The molecule has 0 saturated carbocycles. The molecule has 102 valence electrons. The molecule has 0 aliphatic heterocycles. The van der Waals surface area contributed by atoms with Crippen molar-refractivity contribution < 1.29 is 8.42 Å². The Balaban J connectivity index is 3.18. The molecule has 0 bridgehead atoms. The summed E-state index contributed by atoms with van der Waals surface area (Å²) in [7, 11) is 0.0617. The van der Waals surface area contributed by atoms with Gasteiger partial charge in [0.15, 0.2) is 0 Å². The van der Waals surface area contributed by atoms with Crippen LogP contribution in [0.1, 0.15) is 32.4 Å². The number of nitrogens with zero attached hydrogens (tertiary/aromatic N) is 1. The van der Waals surface area contributed by atoms with Crippen LogP contribution >= 0.6 is 0 Å². The minimum absolute atomic E-state index is 0.0552. The summed E-state index contributed by atoms with van der Waals surface area (Å²) in [6.45, 7) is 5.72. The van der Waals surface area contributed by atoms with Crippen molar-refractivity contribution in [1.82, 2.24) is 9.62 Å². The number of hydrogen-bond acceptors (Lipinski definition) is 3. The molecule has 1 rings (SSSR count). The minimum atomic E-state index is -3.40. The van der Waals surface area contributed by atoms with Crippen molar-refractivity contribution in [3.05, 3.63) is 29.8 Å². The van der Waals surface area contributed by atoms with E-state index < -0.39 is 10.0 Å². The van der Waals surface area contributed by atoms with E-state index in [4.69, 9.17) is 0 Å². The van der Waals surface area contributed by atoms with Crippen LogP contribution in [-0.4, -0.2) is 32.9 Å². The van der Waals surface area contributed by atoms with Gasteiger partial charge in [-0.25, -0.2) is 8.42 Å². The van der Waals surface area contributed by atoms with Crippen LogP contribution in [0.25, 0.3) is 0 Å². The second-order valence-electron chi connectivity index (χ2n) is 4.70. The van der Waals surface area contributed by atoms with E-state index in [1.54, 1.807) is 25.2 Å². The number of nitrogens with one attached hydrogen (secondary N) is 1. The zero-order valence-corrected chi connectivity index (χ0v) is 12.5. The lowest BCUT2D eigenvalue weighted by Gasteiger charge is -2.21. The molecule has 0 saturated heterocycles. The third kappa shape index (κ3) is 3.10. The number of benzene rings is 1. The van der Waals surface area contributed by atoms with Gasteiger partial charge in [-0.05, 0) is 45.5 Å². The van der Waals surface area contributed by atoms with Crippen LogP contribution < -0.4 is 5.32 Å². The molecule has 1 aromatic carbocycles. The fraction of sp³-hybridized carbons (Fsp3) is 0.538. The lowest BCUT2D eigenvalue weighted by molar-refractivity contribution is 0.410. The summed E-state index contributed by atoms with van der Waals surface area (Å²) in [5.74, 6) is 0. The molecule has 4 nitrogen and oxygen atoms in total. The summed E-state index contributed by atoms with van der Waals surface area (Å²) < 4.78 is 26.1. The molecule has 0 aliphatic carbocycles. The highest BCUT2D eigenvalue weighted by Gasteiger charge is 2.23. The third-order valence-corrected chi connectivity index (χ3v) is 5.22. The predicted octanol–water partition coefficient (Wildman–Crippen LogP) is 2.00. The first-order chi connectivity index (χ1) is 8.30. The van der Waals surface area contributed by atoms with Gasteiger partial charge in [0.05, 0.1) is 4.90 Å². The molecule has 5 heteroatoms. The van der Waals surface area contributed by atoms with Gasteiger partial charge >= 0.3 is 0 Å². The Hall–Kier alpha value is -0.910. The quantitative estimate of drug-likeness (QED) is 0.890. The average Bonchev–Trinajstić information content (AvgIpc) is 2.36. The molecule has 1 N–H and O–H groups in total. The van der Waals surface area contributed by atoms with Gasteiger partial charge in [-0.15, -0.1) is 0 Å². The number of sulfonamides is 1. The van der Waals surface area contributed by atoms with E-state index in [0.717, 1.165) is 5.56 Å². The molecule has 1 atom stereocenters. The second kappa shape index (κ2) is 5.82. The first-order valence-corrected chi connectivity index (χ1v) is 7.50. The maximum Gasteiger partial charge on any atom is 0.243 e. The van der Waals surface area contributed by atoms with Crippen LogP contribution in [0.3, 0.4) is 0 Å². The number of rotatable bonds is 5. The van der Waals surface area contributed by atoms with Gasteiger partial charge in [0.2, 0.25) is 10.0 Å². The van der Waals surface area contributed by atoms with Crippen LogP contribution in [0.15, 0.2) is 29.2 Å². The standard InChI is InChI=1S/C13H22N2O2S/c1-10(2)15(5)18(16,17)13-8-6-7-12(9-13)11(3)14-4/h6-11,14H,1-5H3. The molecule has 0 fully saturated rings. The fourth-order valence-corrected chi connectivity index (χ4v) is 2.98. The summed E-state index contributed by atoms with van der Waals surface area (Å²) >= 11 is 0. The molecular formula is C13H22N2O2S. The van der Waals surface area contributed by atoms with Gasteiger partial charge < -0.3 is 5.32 Å². The Bertz CT molecular complexity index is 497. The van der Waals surface area contributed by atoms with E-state index in [2.05, 4.69) is 5.32 Å². The van der Waals surface area contributed by atoms with Crippen LogP contribution in [-0.2, 0) is 10.0 Å². The smallest absolute Gasteiger partial charge is 0.243 e. The largest absolute Gasteiger partial charge is 0.313 e. The Morgan fingerprint density at radius 2 is 1.83 bits per heavy atom. The van der Waals surface area contributed by atoms with Gasteiger partial charge in [-0.3, -0.25) is 0 Å². The van der Waals surface area contributed by atoms with Crippen molar-refractivity contribution in [2.45, 2.75) is 37.8 Å². The maximum absolute atomic E-state index is 12.3. The Morgan fingerprint density at radius 3 is 2.33 bits per heavy atom. The molecule has 18 heavy (non-hydrogen) atoms. The van der Waals surface area contributed by atoms with Crippen molar-refractivity contribution in [3.63, 3.8) is 0 Å². The predicted molar refractivity (Wildman–Crippen MR) is 74.0 cm³/mol. The summed E-state index contributed by atoms with van der Waals surface area (Å²) in [4.78, 5) is 0.346. The summed E-state index contributed by atoms with van der Waals surface area (Å²) in [5.41, 5.74) is 0.968. The summed E-state index contributed by atoms with van der Waals surface area (Å²) in [6, 6.07) is 7.15. The SMILES string of the molecule is CNC(C)c1cccc(S(=O)(=O)N(C)C(C)C)c1. The van der Waals surface area contributed by atoms with Gasteiger partial charge in [0, 0.05) is 19.1 Å². The zero-order valence-electron chi connectivity index (χ0n) is 11.6. The first kappa shape index (κ1) is 15.1. The lowest BCUT2D eigenvalue weighted by atomic mass is 10.1. The van der Waals surface area contributed by atoms with Crippen molar-refractivity contribution >= 4 is 10.0 Å². The van der Waals surface area contributed by atoms with E-state index in [-0.39, 0.29) is 12.1 Å². The van der Waals surface area contributed by atoms with Crippen molar-refractivity contribution in [2.75, 3.05) is 14.1 Å². The molecule has 0 heterocycles. The number of hydrogen-bond donors (Lipinski definition) is 1. The second-order valence-corrected chi connectivity index (χ2v) is 6.70. The molecule has 0 aromatic heterocycles. The Labute approximate surface area is 110 Å².